The van der Waals surface area contributed by atoms with Crippen LogP contribution in [0.5, 0.6) is 0 Å². The minimum Gasteiger partial charge on any atom is -0.463 e. The Morgan fingerprint density at radius 1 is 1.45 bits per heavy atom. The van der Waals surface area contributed by atoms with Crippen molar-refractivity contribution < 1.29 is 19.2 Å². The summed E-state index contributed by atoms with van der Waals surface area (Å²) in [6.07, 6.45) is 0. The van der Waals surface area contributed by atoms with Crippen LogP contribution in [0.4, 0.5) is 4.79 Å². The van der Waals surface area contributed by atoms with Crippen molar-refractivity contribution in [2.75, 3.05) is 26.7 Å². The van der Waals surface area contributed by atoms with Crippen LogP contribution in [0.25, 0.3) is 0 Å². The molecule has 3 N–H and O–H groups in total. The maximum absolute atomic E-state index is 12.0. The molecular weight excluding hydrogens is 370 g/mol. The number of quaternary nitrogens is 1. The summed E-state index contributed by atoms with van der Waals surface area (Å²) in [5, 5.41) is 5.34. The maximum atomic E-state index is 12.0. The van der Waals surface area contributed by atoms with Crippen LogP contribution in [0, 0.1) is 0 Å². The summed E-state index contributed by atoms with van der Waals surface area (Å²) in [4.78, 5) is 25.9. The van der Waals surface area contributed by atoms with E-state index in [9.17, 15) is 9.59 Å². The van der Waals surface area contributed by atoms with Crippen LogP contribution >= 0.6 is 27.3 Å². The molecule has 120 valence electrons. The van der Waals surface area contributed by atoms with Gasteiger partial charge in [-0.05, 0) is 35.0 Å². The molecule has 0 spiro atoms. The summed E-state index contributed by atoms with van der Waals surface area (Å²) in [6, 6.07) is 3.80. The fourth-order valence-electron chi connectivity index (χ4n) is 2.20. The Morgan fingerprint density at radius 2 is 2.23 bits per heavy atom. The number of nitrogens with one attached hydrogen (secondary N) is 3. The SMILES string of the molecule is CCOC(=O)C1=C(C[NH+](C)Cc2ccc(Br)s2)NC(=O)NC1. The summed E-state index contributed by atoms with van der Waals surface area (Å²) in [6.45, 7) is 3.66. The largest absolute Gasteiger partial charge is 0.463 e. The summed E-state index contributed by atoms with van der Waals surface area (Å²) in [5.41, 5.74) is 1.13. The van der Waals surface area contributed by atoms with Crippen molar-refractivity contribution >= 4 is 39.3 Å². The van der Waals surface area contributed by atoms with Crippen molar-refractivity contribution in [2.24, 2.45) is 0 Å². The molecule has 2 amide bonds. The number of carbonyl (C=O) groups is 2. The fourth-order valence-corrected chi connectivity index (χ4v) is 3.80. The Morgan fingerprint density at radius 3 is 2.86 bits per heavy atom. The Bertz CT molecular complexity index is 600. The molecule has 1 unspecified atom stereocenters. The van der Waals surface area contributed by atoms with Gasteiger partial charge in [0, 0.05) is 0 Å². The number of carbonyl (C=O) groups excluding carboxylic acids is 2. The number of rotatable bonds is 6. The van der Waals surface area contributed by atoms with Gasteiger partial charge in [-0.15, -0.1) is 11.3 Å². The highest BCUT2D eigenvalue weighted by molar-refractivity contribution is 9.11. The third-order valence-electron chi connectivity index (χ3n) is 3.16. The second-order valence-electron chi connectivity index (χ2n) is 5.00. The molecule has 0 radical (unpaired) electrons. The third kappa shape index (κ3) is 4.56. The lowest BCUT2D eigenvalue weighted by Gasteiger charge is -2.23. The van der Waals surface area contributed by atoms with Crippen LogP contribution in [0.2, 0.25) is 0 Å². The first-order chi connectivity index (χ1) is 10.5. The first kappa shape index (κ1) is 17.0. The molecule has 2 rings (SSSR count). The average molecular weight is 389 g/mol. The normalized spacial score (nSPS) is 16.0. The number of esters is 1. The van der Waals surface area contributed by atoms with Crippen molar-refractivity contribution in [3.63, 3.8) is 0 Å². The summed E-state index contributed by atoms with van der Waals surface area (Å²) in [7, 11) is 2.03. The molecule has 1 aromatic rings. The topological polar surface area (TPSA) is 71.9 Å². The third-order valence-corrected chi connectivity index (χ3v) is 4.78. The monoisotopic (exact) mass is 388 g/mol. The van der Waals surface area contributed by atoms with Gasteiger partial charge in [0.2, 0.25) is 0 Å². The Balaban J connectivity index is 2.08. The Kier molecular flexibility index (Phi) is 5.98. The van der Waals surface area contributed by atoms with Crippen molar-refractivity contribution in [1.82, 2.24) is 10.6 Å². The molecule has 2 heterocycles. The molecule has 0 bridgehead atoms. The molecular formula is C14H19BrN3O3S+. The average Bonchev–Trinajstić information content (AvgIpc) is 2.84. The van der Waals surface area contributed by atoms with Crippen LogP contribution in [0.1, 0.15) is 11.8 Å². The first-order valence-electron chi connectivity index (χ1n) is 6.99. The highest BCUT2D eigenvalue weighted by atomic mass is 79.9. The predicted octanol–water partition coefficient (Wildman–Crippen LogP) is 0.655. The van der Waals surface area contributed by atoms with Gasteiger partial charge in [-0.1, -0.05) is 0 Å². The van der Waals surface area contributed by atoms with Gasteiger partial charge >= 0.3 is 12.0 Å². The molecule has 1 aromatic heterocycles. The molecule has 0 saturated heterocycles. The lowest BCUT2D eigenvalue weighted by Crippen LogP contribution is -3.08. The quantitative estimate of drug-likeness (QED) is 0.626. The van der Waals surface area contributed by atoms with Crippen molar-refractivity contribution in [3.05, 3.63) is 32.1 Å². The lowest BCUT2D eigenvalue weighted by molar-refractivity contribution is -0.888. The van der Waals surface area contributed by atoms with Gasteiger partial charge in [0.15, 0.2) is 0 Å². The predicted molar refractivity (Wildman–Crippen MR) is 87.7 cm³/mol. The minimum atomic E-state index is -0.378. The number of halogens is 1. The number of ether oxygens (including phenoxy) is 1. The van der Waals surface area contributed by atoms with Gasteiger partial charge in [0.1, 0.15) is 13.1 Å². The van der Waals surface area contributed by atoms with Crippen LogP contribution in [0.3, 0.4) is 0 Å². The smallest absolute Gasteiger partial charge is 0.337 e. The molecule has 0 fully saturated rings. The van der Waals surface area contributed by atoms with Gasteiger partial charge in [-0.2, -0.15) is 0 Å². The van der Waals surface area contributed by atoms with Crippen molar-refractivity contribution in [3.8, 4) is 0 Å². The van der Waals surface area contributed by atoms with E-state index in [0.29, 0.717) is 24.4 Å². The van der Waals surface area contributed by atoms with Crippen molar-refractivity contribution in [2.45, 2.75) is 13.5 Å². The molecule has 1 atom stereocenters. The second kappa shape index (κ2) is 7.75. The van der Waals surface area contributed by atoms with Gasteiger partial charge in [-0.25, -0.2) is 9.59 Å². The number of likely N-dealkylation sites (N-methyl/N-ethyl adjacent to an activating group) is 1. The number of hydrogen-bond donors (Lipinski definition) is 3. The molecule has 1 aliphatic heterocycles. The fraction of sp³-hybridized carbons (Fsp3) is 0.429. The van der Waals surface area contributed by atoms with E-state index in [4.69, 9.17) is 4.74 Å². The van der Waals surface area contributed by atoms with Crippen LogP contribution in [-0.2, 0) is 16.1 Å². The summed E-state index contributed by atoms with van der Waals surface area (Å²) in [5.74, 6) is -0.378. The van der Waals surface area contributed by atoms with E-state index in [1.165, 1.54) is 9.78 Å². The zero-order valence-electron chi connectivity index (χ0n) is 12.5. The first-order valence-corrected chi connectivity index (χ1v) is 8.60. The molecule has 1 aliphatic rings. The van der Waals surface area contributed by atoms with E-state index in [-0.39, 0.29) is 18.5 Å². The summed E-state index contributed by atoms with van der Waals surface area (Å²) < 4.78 is 6.14. The van der Waals surface area contributed by atoms with E-state index in [0.717, 1.165) is 10.3 Å². The van der Waals surface area contributed by atoms with E-state index in [2.05, 4.69) is 32.6 Å². The molecule has 0 saturated carbocycles. The number of amides is 2. The van der Waals surface area contributed by atoms with E-state index >= 15 is 0 Å². The summed E-state index contributed by atoms with van der Waals surface area (Å²) >= 11 is 5.13. The lowest BCUT2D eigenvalue weighted by atomic mass is 10.1. The van der Waals surface area contributed by atoms with Crippen LogP contribution in [-0.4, -0.2) is 38.7 Å². The van der Waals surface area contributed by atoms with Gasteiger partial charge in [-0.3, -0.25) is 0 Å². The zero-order chi connectivity index (χ0) is 16.1. The minimum absolute atomic E-state index is 0.206. The highest BCUT2D eigenvalue weighted by Crippen LogP contribution is 2.21. The van der Waals surface area contributed by atoms with Gasteiger partial charge < -0.3 is 20.3 Å². The number of hydrogen-bond acceptors (Lipinski definition) is 4. The molecule has 6 nitrogen and oxygen atoms in total. The standard InChI is InChI=1S/C14H18BrN3O3S/c1-3-21-13(19)10-6-16-14(20)17-11(10)8-18(2)7-9-4-5-12(15)22-9/h4-5H,3,6-8H2,1-2H3,(H2,16,17,20)/p+1. The second-order valence-corrected chi connectivity index (χ2v) is 7.55. The van der Waals surface area contributed by atoms with E-state index < -0.39 is 0 Å². The van der Waals surface area contributed by atoms with Crippen molar-refractivity contribution in [1.29, 1.82) is 0 Å². The molecule has 0 aliphatic carbocycles. The van der Waals surface area contributed by atoms with E-state index in [1.807, 2.05) is 13.1 Å². The molecule has 22 heavy (non-hydrogen) atoms. The molecule has 0 aromatic carbocycles. The highest BCUT2D eigenvalue weighted by Gasteiger charge is 2.25. The molecule has 8 heteroatoms. The Labute approximate surface area is 141 Å². The van der Waals surface area contributed by atoms with E-state index in [1.54, 1.807) is 18.3 Å². The zero-order valence-corrected chi connectivity index (χ0v) is 14.9. The number of urea groups is 1. The van der Waals surface area contributed by atoms with Crippen LogP contribution < -0.4 is 15.5 Å². The van der Waals surface area contributed by atoms with Gasteiger partial charge in [0.25, 0.3) is 0 Å². The van der Waals surface area contributed by atoms with Crippen LogP contribution in [0.15, 0.2) is 27.2 Å². The number of thiophene rings is 1. The van der Waals surface area contributed by atoms with Gasteiger partial charge in [0.05, 0.1) is 40.1 Å². The Hall–Kier alpha value is -1.38. The maximum Gasteiger partial charge on any atom is 0.337 e.